The highest BCUT2D eigenvalue weighted by molar-refractivity contribution is 6.53. The Labute approximate surface area is 111 Å². The molecule has 0 spiro atoms. The number of nitrogens with one attached hydrogen (secondary N) is 1. The van der Waals surface area contributed by atoms with Gasteiger partial charge in [-0.05, 0) is 32.4 Å². The van der Waals surface area contributed by atoms with E-state index in [0.29, 0.717) is 13.0 Å². The maximum absolute atomic E-state index is 11.9. The molecule has 1 aromatic heterocycles. The van der Waals surface area contributed by atoms with Crippen molar-refractivity contribution in [2.75, 3.05) is 0 Å². The number of hydrogen-bond acceptors (Lipinski definition) is 1. The van der Waals surface area contributed by atoms with Gasteiger partial charge >= 0.3 is 0 Å². The Balaban J connectivity index is 1.96. The number of carbonyl (C=O) groups excluding carboxylic acids is 1. The lowest BCUT2D eigenvalue weighted by molar-refractivity contribution is -0.126. The Morgan fingerprint density at radius 1 is 1.53 bits per heavy atom. The largest absolute Gasteiger partial charge is 0.350 e. The van der Waals surface area contributed by atoms with Crippen molar-refractivity contribution in [1.82, 2.24) is 9.88 Å². The topological polar surface area (TPSA) is 34.0 Å². The number of rotatable bonds is 3. The number of aryl methyl sites for hydroxylation is 1. The van der Waals surface area contributed by atoms with Crippen molar-refractivity contribution in [3.8, 4) is 0 Å². The first kappa shape index (κ1) is 12.8. The van der Waals surface area contributed by atoms with Crippen LogP contribution in [-0.2, 0) is 18.4 Å². The molecular weight excluding hydrogens is 259 g/mol. The standard InChI is InChI=1S/C12H16Cl2N2O/c1-8-4-5-9(16(8)3)6-15-10(17)11(2)7-12(11,13)14/h4-5H,6-7H2,1-3H3,(H,15,17). The van der Waals surface area contributed by atoms with Gasteiger partial charge < -0.3 is 9.88 Å². The summed E-state index contributed by atoms with van der Waals surface area (Å²) < 4.78 is 1.14. The molecule has 1 heterocycles. The van der Waals surface area contributed by atoms with Gasteiger partial charge in [0.2, 0.25) is 5.91 Å². The predicted molar refractivity (Wildman–Crippen MR) is 69.2 cm³/mol. The van der Waals surface area contributed by atoms with E-state index in [0.717, 1.165) is 11.4 Å². The smallest absolute Gasteiger partial charge is 0.229 e. The van der Waals surface area contributed by atoms with Gasteiger partial charge in [-0.2, -0.15) is 0 Å². The van der Waals surface area contributed by atoms with Crippen LogP contribution in [0.25, 0.3) is 0 Å². The summed E-state index contributed by atoms with van der Waals surface area (Å²) in [7, 11) is 1.98. The Morgan fingerprint density at radius 2 is 2.12 bits per heavy atom. The molecular formula is C12H16Cl2N2O. The highest BCUT2D eigenvalue weighted by Gasteiger charge is 2.67. The van der Waals surface area contributed by atoms with Crippen LogP contribution in [0.2, 0.25) is 0 Å². The molecule has 0 saturated heterocycles. The third-order valence-electron chi connectivity index (χ3n) is 3.67. The van der Waals surface area contributed by atoms with E-state index in [9.17, 15) is 4.79 Å². The van der Waals surface area contributed by atoms with Crippen molar-refractivity contribution in [2.45, 2.75) is 31.1 Å². The van der Waals surface area contributed by atoms with Crippen LogP contribution in [0.1, 0.15) is 24.7 Å². The molecule has 5 heteroatoms. The molecule has 1 amide bonds. The molecule has 0 radical (unpaired) electrons. The molecule has 0 aliphatic heterocycles. The predicted octanol–water partition coefficient (Wildman–Crippen LogP) is 2.53. The fraction of sp³-hybridized carbons (Fsp3) is 0.583. The second-order valence-corrected chi connectivity index (χ2v) is 6.40. The highest BCUT2D eigenvalue weighted by atomic mass is 35.5. The number of aromatic nitrogens is 1. The van der Waals surface area contributed by atoms with Gasteiger partial charge in [-0.25, -0.2) is 0 Å². The van der Waals surface area contributed by atoms with Crippen molar-refractivity contribution in [1.29, 1.82) is 0 Å². The average molecular weight is 275 g/mol. The van der Waals surface area contributed by atoms with Crippen LogP contribution >= 0.6 is 23.2 Å². The zero-order valence-electron chi connectivity index (χ0n) is 10.2. The maximum Gasteiger partial charge on any atom is 0.229 e. The molecule has 17 heavy (non-hydrogen) atoms. The summed E-state index contributed by atoms with van der Waals surface area (Å²) in [6.45, 7) is 4.32. The third-order valence-corrected chi connectivity index (χ3v) is 4.77. The first-order chi connectivity index (χ1) is 7.78. The lowest BCUT2D eigenvalue weighted by Gasteiger charge is -2.13. The minimum absolute atomic E-state index is 0.0821. The molecule has 1 atom stereocenters. The normalized spacial score (nSPS) is 25.7. The van der Waals surface area contributed by atoms with E-state index in [-0.39, 0.29) is 5.91 Å². The molecule has 1 saturated carbocycles. The van der Waals surface area contributed by atoms with E-state index >= 15 is 0 Å². The van der Waals surface area contributed by atoms with Gasteiger partial charge in [0.15, 0.2) is 0 Å². The minimum atomic E-state index is -0.902. The minimum Gasteiger partial charge on any atom is -0.350 e. The third kappa shape index (κ3) is 2.06. The Hall–Kier alpha value is -0.670. The number of carbonyl (C=O) groups is 1. The Kier molecular flexibility index (Phi) is 2.95. The van der Waals surface area contributed by atoms with Gasteiger partial charge in [-0.1, -0.05) is 0 Å². The van der Waals surface area contributed by atoms with Crippen LogP contribution in [0, 0.1) is 12.3 Å². The molecule has 0 aromatic carbocycles. The van der Waals surface area contributed by atoms with Gasteiger partial charge in [-0.15, -0.1) is 23.2 Å². The molecule has 1 aliphatic carbocycles. The summed E-state index contributed by atoms with van der Waals surface area (Å²) in [6, 6.07) is 4.02. The molecule has 3 nitrogen and oxygen atoms in total. The number of alkyl halides is 2. The fourth-order valence-corrected chi connectivity index (χ4v) is 2.56. The van der Waals surface area contributed by atoms with Crippen LogP contribution in [-0.4, -0.2) is 14.8 Å². The molecule has 0 bridgehead atoms. The second kappa shape index (κ2) is 3.92. The first-order valence-electron chi connectivity index (χ1n) is 5.55. The molecule has 2 rings (SSSR count). The van der Waals surface area contributed by atoms with E-state index in [1.165, 1.54) is 0 Å². The Morgan fingerprint density at radius 3 is 2.53 bits per heavy atom. The van der Waals surface area contributed by atoms with E-state index in [1.807, 2.05) is 30.7 Å². The van der Waals surface area contributed by atoms with Crippen molar-refractivity contribution in [3.63, 3.8) is 0 Å². The molecule has 1 unspecified atom stereocenters. The first-order valence-corrected chi connectivity index (χ1v) is 6.31. The number of halogens is 2. The average Bonchev–Trinajstić information content (AvgIpc) is 2.60. The molecule has 1 aliphatic rings. The summed E-state index contributed by atoms with van der Waals surface area (Å²) in [5.74, 6) is -0.0821. The summed E-state index contributed by atoms with van der Waals surface area (Å²) in [5, 5.41) is 2.88. The van der Waals surface area contributed by atoms with E-state index < -0.39 is 9.75 Å². The number of amides is 1. The van der Waals surface area contributed by atoms with Crippen molar-refractivity contribution < 1.29 is 4.79 Å². The van der Waals surface area contributed by atoms with Crippen LogP contribution < -0.4 is 5.32 Å². The SMILES string of the molecule is Cc1ccc(CNC(=O)C2(C)CC2(Cl)Cl)n1C. The zero-order chi connectivity index (χ0) is 12.8. The van der Waals surface area contributed by atoms with Crippen LogP contribution in [0.3, 0.4) is 0 Å². The zero-order valence-corrected chi connectivity index (χ0v) is 11.7. The second-order valence-electron chi connectivity index (χ2n) is 4.92. The van der Waals surface area contributed by atoms with Gasteiger partial charge in [0.25, 0.3) is 0 Å². The molecule has 94 valence electrons. The van der Waals surface area contributed by atoms with Crippen LogP contribution in [0.15, 0.2) is 12.1 Å². The summed E-state index contributed by atoms with van der Waals surface area (Å²) >= 11 is 11.9. The fourth-order valence-electron chi connectivity index (χ4n) is 1.86. The molecule has 1 aromatic rings. The van der Waals surface area contributed by atoms with Gasteiger partial charge in [0, 0.05) is 18.4 Å². The van der Waals surface area contributed by atoms with E-state index in [4.69, 9.17) is 23.2 Å². The quantitative estimate of drug-likeness (QED) is 0.845. The lowest BCUT2D eigenvalue weighted by Crippen LogP contribution is -2.33. The summed E-state index contributed by atoms with van der Waals surface area (Å²) in [6.07, 6.45) is 0.515. The molecule has 1 fully saturated rings. The van der Waals surface area contributed by atoms with Crippen LogP contribution in [0.4, 0.5) is 0 Å². The van der Waals surface area contributed by atoms with Crippen LogP contribution in [0.5, 0.6) is 0 Å². The lowest BCUT2D eigenvalue weighted by atomic mass is 10.1. The summed E-state index contributed by atoms with van der Waals surface area (Å²) in [4.78, 5) is 11.9. The van der Waals surface area contributed by atoms with E-state index in [2.05, 4.69) is 5.32 Å². The number of hydrogen-bond donors (Lipinski definition) is 1. The van der Waals surface area contributed by atoms with Crippen molar-refractivity contribution in [3.05, 3.63) is 23.5 Å². The summed E-state index contributed by atoms with van der Waals surface area (Å²) in [5.41, 5.74) is 1.59. The van der Waals surface area contributed by atoms with Crippen molar-refractivity contribution in [2.24, 2.45) is 12.5 Å². The van der Waals surface area contributed by atoms with Gasteiger partial charge in [-0.3, -0.25) is 4.79 Å². The monoisotopic (exact) mass is 274 g/mol. The van der Waals surface area contributed by atoms with E-state index in [1.54, 1.807) is 6.92 Å². The highest BCUT2D eigenvalue weighted by Crippen LogP contribution is 2.63. The maximum atomic E-state index is 11.9. The number of nitrogens with zero attached hydrogens (tertiary/aromatic N) is 1. The Bertz CT molecular complexity index is 467. The van der Waals surface area contributed by atoms with Gasteiger partial charge in [0.05, 0.1) is 12.0 Å². The van der Waals surface area contributed by atoms with Crippen molar-refractivity contribution >= 4 is 29.1 Å². The molecule has 1 N–H and O–H groups in total. The van der Waals surface area contributed by atoms with Gasteiger partial charge in [0.1, 0.15) is 4.33 Å².